The van der Waals surface area contributed by atoms with Crippen LogP contribution in [0.25, 0.3) is 33.3 Å². The van der Waals surface area contributed by atoms with Crippen molar-refractivity contribution in [1.82, 2.24) is 24.5 Å². The van der Waals surface area contributed by atoms with Gasteiger partial charge in [0.1, 0.15) is 11.4 Å². The molecule has 0 bridgehead atoms. The van der Waals surface area contributed by atoms with Gasteiger partial charge in [-0.3, -0.25) is 4.98 Å². The third-order valence-corrected chi connectivity index (χ3v) is 6.52. The average molecular weight is 440 g/mol. The third-order valence-electron chi connectivity index (χ3n) is 6.52. The van der Waals surface area contributed by atoms with Crippen molar-refractivity contribution in [3.05, 3.63) is 42.3 Å². The Morgan fingerprint density at radius 2 is 1.91 bits per heavy atom. The quantitative estimate of drug-likeness (QED) is 0.364. The van der Waals surface area contributed by atoms with E-state index in [1.165, 1.54) is 11.6 Å². The molecule has 0 spiro atoms. The molecule has 32 heavy (non-hydrogen) atoms. The van der Waals surface area contributed by atoms with Crippen molar-refractivity contribution < 1.29 is 13.3 Å². The molecule has 0 amide bonds. The average Bonchev–Trinajstić information content (AvgIpc) is 3.46. The van der Waals surface area contributed by atoms with E-state index < -0.39 is 12.0 Å². The zero-order valence-corrected chi connectivity index (χ0v) is 18.6. The molecular formula is C24H27F2N5O. The van der Waals surface area contributed by atoms with Gasteiger partial charge in [-0.05, 0) is 39.7 Å². The second kappa shape index (κ2) is 7.83. The molecule has 5 rings (SSSR count). The number of nitrogens with zero attached hydrogens (tertiary/aromatic N) is 5. The van der Waals surface area contributed by atoms with Gasteiger partial charge in [0.05, 0.1) is 29.5 Å². The van der Waals surface area contributed by atoms with Gasteiger partial charge in [-0.2, -0.15) is 5.10 Å². The highest BCUT2D eigenvalue weighted by Crippen LogP contribution is 2.38. The Kier molecular flexibility index (Phi) is 5.10. The van der Waals surface area contributed by atoms with E-state index in [4.69, 9.17) is 9.51 Å². The smallest absolute Gasteiger partial charge is 0.188 e. The minimum atomic E-state index is -1.24. The molecule has 1 aliphatic rings. The summed E-state index contributed by atoms with van der Waals surface area (Å²) in [7, 11) is 0. The molecule has 4 heterocycles. The summed E-state index contributed by atoms with van der Waals surface area (Å²) in [6, 6.07) is 2.02. The number of aryl methyl sites for hydroxylation is 2. The second-order valence-electron chi connectivity index (χ2n) is 8.96. The lowest BCUT2D eigenvalue weighted by Crippen LogP contribution is -2.31. The summed E-state index contributed by atoms with van der Waals surface area (Å²) in [5.41, 5.74) is 4.48. The Morgan fingerprint density at radius 3 is 2.56 bits per heavy atom. The van der Waals surface area contributed by atoms with E-state index in [9.17, 15) is 4.39 Å². The van der Waals surface area contributed by atoms with Gasteiger partial charge in [0.2, 0.25) is 0 Å². The summed E-state index contributed by atoms with van der Waals surface area (Å²) < 4.78 is 38.0. The van der Waals surface area contributed by atoms with Crippen molar-refractivity contribution in [3.8, 4) is 22.3 Å². The number of hydrogen-bond donors (Lipinski definition) is 0. The minimum absolute atomic E-state index is 0.268. The summed E-state index contributed by atoms with van der Waals surface area (Å²) in [6.07, 6.45) is 9.82. The van der Waals surface area contributed by atoms with E-state index in [0.29, 0.717) is 12.8 Å². The van der Waals surface area contributed by atoms with Gasteiger partial charge in [0.15, 0.2) is 6.30 Å². The van der Waals surface area contributed by atoms with Crippen molar-refractivity contribution in [1.29, 1.82) is 0 Å². The van der Waals surface area contributed by atoms with Crippen molar-refractivity contribution in [3.63, 3.8) is 0 Å². The van der Waals surface area contributed by atoms with Crippen molar-refractivity contribution in [2.24, 2.45) is 0 Å². The van der Waals surface area contributed by atoms with Gasteiger partial charge in [-0.25, -0.2) is 13.5 Å². The highest BCUT2D eigenvalue weighted by molar-refractivity contribution is 5.94. The number of aromatic nitrogens is 5. The van der Waals surface area contributed by atoms with Crippen LogP contribution in [-0.2, 0) is 6.54 Å². The van der Waals surface area contributed by atoms with Gasteiger partial charge in [-0.15, -0.1) is 0 Å². The van der Waals surface area contributed by atoms with Crippen molar-refractivity contribution in [2.75, 3.05) is 0 Å². The van der Waals surface area contributed by atoms with Gasteiger partial charge < -0.3 is 9.09 Å². The molecule has 4 aromatic heterocycles. The van der Waals surface area contributed by atoms with E-state index in [1.54, 1.807) is 18.6 Å². The Morgan fingerprint density at radius 1 is 1.12 bits per heavy atom. The SMILES string of the molecule is Cc1noc(C)c1-c1cnc2c(-c3cnn(C(C)F)c3)cn(CC3(F)CCCCC3)c2c1. The Bertz CT molecular complexity index is 1240. The largest absolute Gasteiger partial charge is 0.361 e. The van der Waals surface area contributed by atoms with Crippen LogP contribution in [-0.4, -0.2) is 30.2 Å². The lowest BCUT2D eigenvalue weighted by Gasteiger charge is -2.30. The highest BCUT2D eigenvalue weighted by atomic mass is 19.1. The van der Waals surface area contributed by atoms with Crippen LogP contribution in [0, 0.1) is 13.8 Å². The van der Waals surface area contributed by atoms with E-state index in [0.717, 1.165) is 64.0 Å². The van der Waals surface area contributed by atoms with Gasteiger partial charge in [0, 0.05) is 40.8 Å². The predicted molar refractivity (Wildman–Crippen MR) is 119 cm³/mol. The van der Waals surface area contributed by atoms with Crippen LogP contribution < -0.4 is 0 Å². The molecule has 1 unspecified atom stereocenters. The Hall–Kier alpha value is -3.03. The van der Waals surface area contributed by atoms with Crippen LogP contribution >= 0.6 is 0 Å². The number of fused-ring (bicyclic) bond motifs is 1. The summed E-state index contributed by atoms with van der Waals surface area (Å²) in [5.74, 6) is 0.717. The maximum atomic E-state index is 15.7. The first-order chi connectivity index (χ1) is 15.3. The fourth-order valence-electron chi connectivity index (χ4n) is 4.86. The molecule has 1 saturated carbocycles. The summed E-state index contributed by atoms with van der Waals surface area (Å²) in [4.78, 5) is 4.74. The van der Waals surface area contributed by atoms with Crippen molar-refractivity contribution >= 4 is 11.0 Å². The molecule has 0 radical (unpaired) electrons. The molecule has 1 atom stereocenters. The lowest BCUT2D eigenvalue weighted by atomic mass is 9.86. The van der Waals surface area contributed by atoms with Crippen LogP contribution in [0.2, 0.25) is 0 Å². The molecule has 0 saturated heterocycles. The third kappa shape index (κ3) is 3.61. The monoisotopic (exact) mass is 439 g/mol. The molecule has 0 aliphatic heterocycles. The van der Waals surface area contributed by atoms with E-state index in [1.807, 2.05) is 30.7 Å². The van der Waals surface area contributed by atoms with Crippen LogP contribution in [0.3, 0.4) is 0 Å². The Balaban J connectivity index is 1.66. The molecule has 4 aromatic rings. The molecule has 8 heteroatoms. The first-order valence-electron chi connectivity index (χ1n) is 11.1. The standard InChI is InChI=1S/C24H27F2N5O/c1-15-22(16(2)32-29-15)18-9-21-23(27-10-18)20(19-11-28-31(12-19)17(3)25)13-30(21)14-24(26)7-5-4-6-8-24/h9-13,17H,4-8,14H2,1-3H3. The fraction of sp³-hybridized carbons (Fsp3) is 0.458. The molecule has 1 fully saturated rings. The molecular weight excluding hydrogens is 412 g/mol. The predicted octanol–water partition coefficient (Wildman–Crippen LogP) is 6.33. The Labute approximate surface area is 185 Å². The molecule has 0 aromatic carbocycles. The normalized spacial score (nSPS) is 17.2. The van der Waals surface area contributed by atoms with E-state index in [-0.39, 0.29) is 6.54 Å². The second-order valence-corrected chi connectivity index (χ2v) is 8.96. The number of pyridine rings is 1. The van der Waals surface area contributed by atoms with E-state index in [2.05, 4.69) is 10.3 Å². The van der Waals surface area contributed by atoms with E-state index >= 15 is 4.39 Å². The summed E-state index contributed by atoms with van der Waals surface area (Å²) in [5, 5.41) is 8.18. The maximum Gasteiger partial charge on any atom is 0.188 e. The molecule has 0 N–H and O–H groups in total. The zero-order chi connectivity index (χ0) is 22.5. The van der Waals surface area contributed by atoms with Crippen LogP contribution in [0.1, 0.15) is 56.8 Å². The highest BCUT2D eigenvalue weighted by Gasteiger charge is 2.33. The first kappa shape index (κ1) is 20.8. The van der Waals surface area contributed by atoms with Gasteiger partial charge >= 0.3 is 0 Å². The number of halogens is 2. The van der Waals surface area contributed by atoms with Crippen LogP contribution in [0.5, 0.6) is 0 Å². The number of rotatable bonds is 5. The molecule has 168 valence electrons. The zero-order valence-electron chi connectivity index (χ0n) is 18.6. The number of hydrogen-bond acceptors (Lipinski definition) is 4. The van der Waals surface area contributed by atoms with Gasteiger partial charge in [0.25, 0.3) is 0 Å². The lowest BCUT2D eigenvalue weighted by molar-refractivity contribution is 0.0873. The summed E-state index contributed by atoms with van der Waals surface area (Å²) >= 11 is 0. The first-order valence-corrected chi connectivity index (χ1v) is 11.1. The van der Waals surface area contributed by atoms with Crippen LogP contribution in [0.4, 0.5) is 8.78 Å². The number of alkyl halides is 2. The molecule has 1 aliphatic carbocycles. The maximum absolute atomic E-state index is 15.7. The van der Waals surface area contributed by atoms with Crippen LogP contribution in [0.15, 0.2) is 35.4 Å². The van der Waals surface area contributed by atoms with Crippen molar-refractivity contribution in [2.45, 2.75) is 71.4 Å². The molecule has 6 nitrogen and oxygen atoms in total. The topological polar surface area (TPSA) is 61.7 Å². The van der Waals surface area contributed by atoms with Gasteiger partial charge in [-0.1, -0.05) is 24.4 Å². The fourth-order valence-corrected chi connectivity index (χ4v) is 4.86. The summed E-state index contributed by atoms with van der Waals surface area (Å²) in [6.45, 7) is 5.47. The minimum Gasteiger partial charge on any atom is -0.361 e.